The quantitative estimate of drug-likeness (QED) is 0.728. The van der Waals surface area contributed by atoms with Crippen LogP contribution in [0.1, 0.15) is 20.9 Å². The molecule has 10 heteroatoms. The van der Waals surface area contributed by atoms with E-state index in [0.29, 0.717) is 22.2 Å². The summed E-state index contributed by atoms with van der Waals surface area (Å²) in [6.45, 7) is 5.84. The highest BCUT2D eigenvalue weighted by Gasteiger charge is 2.21. The predicted molar refractivity (Wildman–Crippen MR) is 117 cm³/mol. The van der Waals surface area contributed by atoms with Gasteiger partial charge in [-0.05, 0) is 24.6 Å². The number of carbonyl (C=O) groups excluding carboxylic acids is 2. The molecule has 0 radical (unpaired) electrons. The first-order chi connectivity index (χ1) is 14.2. The smallest absolute Gasteiger partial charge is 0.265 e. The van der Waals surface area contributed by atoms with E-state index in [0.717, 1.165) is 31.7 Å². The van der Waals surface area contributed by atoms with E-state index >= 15 is 0 Å². The van der Waals surface area contributed by atoms with Gasteiger partial charge in [0, 0.05) is 46.8 Å². The van der Waals surface area contributed by atoms with Gasteiger partial charge >= 0.3 is 0 Å². The van der Waals surface area contributed by atoms with Crippen LogP contribution >= 0.6 is 22.9 Å². The fraction of sp³-hybridized carbons (Fsp3) is 0.450. The summed E-state index contributed by atoms with van der Waals surface area (Å²) in [6, 6.07) is 4.78. The summed E-state index contributed by atoms with van der Waals surface area (Å²) in [5, 5.41) is 3.37. The molecule has 2 heterocycles. The lowest BCUT2D eigenvalue weighted by atomic mass is 10.2. The minimum atomic E-state index is -0.412. The third-order valence-electron chi connectivity index (χ3n) is 4.87. The number of hydrogen-bond acceptors (Lipinski definition) is 6. The van der Waals surface area contributed by atoms with Gasteiger partial charge < -0.3 is 10.2 Å². The molecule has 30 heavy (non-hydrogen) atoms. The molecule has 2 amide bonds. The lowest BCUT2D eigenvalue weighted by molar-refractivity contribution is -0.117. The molecular formula is C20H25ClFN5O2S. The topological polar surface area (TPSA) is 68.8 Å². The summed E-state index contributed by atoms with van der Waals surface area (Å²) in [7, 11) is 3.37. The molecule has 1 fully saturated rings. The van der Waals surface area contributed by atoms with E-state index in [1.807, 2.05) is 0 Å². The number of anilines is 1. The molecule has 7 nitrogen and oxygen atoms in total. The number of thiazole rings is 1. The number of halogens is 2. The van der Waals surface area contributed by atoms with Crippen molar-refractivity contribution in [1.82, 2.24) is 19.7 Å². The summed E-state index contributed by atoms with van der Waals surface area (Å²) in [6.07, 6.45) is 0. The van der Waals surface area contributed by atoms with Crippen LogP contribution in [0.3, 0.4) is 0 Å². The summed E-state index contributed by atoms with van der Waals surface area (Å²) >= 11 is 7.04. The first-order valence-electron chi connectivity index (χ1n) is 9.60. The molecule has 1 N–H and O–H groups in total. The maximum Gasteiger partial charge on any atom is 0.265 e. The number of benzene rings is 1. The van der Waals surface area contributed by atoms with E-state index in [1.54, 1.807) is 33.2 Å². The minimum absolute atomic E-state index is 0.121. The van der Waals surface area contributed by atoms with Crippen molar-refractivity contribution in [3.05, 3.63) is 45.2 Å². The van der Waals surface area contributed by atoms with Crippen molar-refractivity contribution in [2.24, 2.45) is 0 Å². The molecule has 0 atom stereocenters. The molecule has 0 bridgehead atoms. The number of aromatic nitrogens is 1. The number of aryl methyl sites for hydroxylation is 1. The second-order valence-corrected chi connectivity index (χ2v) is 8.89. The van der Waals surface area contributed by atoms with Crippen molar-refractivity contribution in [3.63, 3.8) is 0 Å². The van der Waals surface area contributed by atoms with E-state index in [1.165, 1.54) is 22.3 Å². The third-order valence-corrected chi connectivity index (χ3v) is 6.22. The minimum Gasteiger partial charge on any atom is -0.344 e. The predicted octanol–water partition coefficient (Wildman–Crippen LogP) is 2.70. The third kappa shape index (κ3) is 5.75. The van der Waals surface area contributed by atoms with Crippen LogP contribution in [0.2, 0.25) is 5.02 Å². The van der Waals surface area contributed by atoms with Crippen LogP contribution < -0.4 is 5.32 Å². The highest BCUT2D eigenvalue weighted by atomic mass is 35.5. The number of nitrogens with one attached hydrogen (secondary N) is 1. The number of carbonyl (C=O) groups is 2. The van der Waals surface area contributed by atoms with Crippen molar-refractivity contribution < 1.29 is 14.0 Å². The molecule has 3 rings (SSSR count). The Kier molecular flexibility index (Phi) is 7.41. The first-order valence-corrected chi connectivity index (χ1v) is 10.8. The molecule has 1 aliphatic rings. The molecule has 162 valence electrons. The number of rotatable bonds is 6. The van der Waals surface area contributed by atoms with Gasteiger partial charge in [-0.1, -0.05) is 29.0 Å². The SMILES string of the molecule is Cc1nc(NC(=O)CN2CCN(Cc3ccc(F)c(Cl)c3)CC2)sc1C(=O)N(C)C. The van der Waals surface area contributed by atoms with Gasteiger partial charge in [-0.25, -0.2) is 9.37 Å². The van der Waals surface area contributed by atoms with E-state index < -0.39 is 5.82 Å². The van der Waals surface area contributed by atoms with Crippen LogP contribution in [-0.2, 0) is 11.3 Å². The fourth-order valence-electron chi connectivity index (χ4n) is 3.21. The standard InChI is InChI=1S/C20H25ClFN5O2S/c1-13-18(19(29)25(2)3)30-20(23-13)24-17(28)12-27-8-6-26(7-9-27)11-14-4-5-16(22)15(21)10-14/h4-5,10H,6-9,11-12H2,1-3H3,(H,23,24,28). The monoisotopic (exact) mass is 453 g/mol. The number of piperazine rings is 1. The Morgan fingerprint density at radius 2 is 1.90 bits per heavy atom. The largest absolute Gasteiger partial charge is 0.344 e. The van der Waals surface area contributed by atoms with Crippen LogP contribution in [0.5, 0.6) is 0 Å². The normalized spacial score (nSPS) is 15.2. The van der Waals surface area contributed by atoms with Gasteiger partial charge in [-0.2, -0.15) is 0 Å². The number of hydrogen-bond donors (Lipinski definition) is 1. The second kappa shape index (κ2) is 9.82. The molecule has 1 saturated heterocycles. The lowest BCUT2D eigenvalue weighted by Crippen LogP contribution is -2.48. The van der Waals surface area contributed by atoms with Gasteiger partial charge in [0.05, 0.1) is 17.3 Å². The molecule has 2 aromatic rings. The average Bonchev–Trinajstić information content (AvgIpc) is 3.05. The zero-order chi connectivity index (χ0) is 21.8. The van der Waals surface area contributed by atoms with Crippen LogP contribution in [0.25, 0.3) is 0 Å². The highest BCUT2D eigenvalue weighted by molar-refractivity contribution is 7.17. The van der Waals surface area contributed by atoms with Crippen LogP contribution in [0.4, 0.5) is 9.52 Å². The van der Waals surface area contributed by atoms with Crippen LogP contribution in [-0.4, -0.2) is 78.3 Å². The van der Waals surface area contributed by atoms with E-state index in [2.05, 4.69) is 20.1 Å². The summed E-state index contributed by atoms with van der Waals surface area (Å²) < 4.78 is 13.3. The van der Waals surface area contributed by atoms with Gasteiger partial charge in [0.2, 0.25) is 5.91 Å². The van der Waals surface area contributed by atoms with Crippen LogP contribution in [0, 0.1) is 12.7 Å². The van der Waals surface area contributed by atoms with E-state index in [9.17, 15) is 14.0 Å². The van der Waals surface area contributed by atoms with Crippen molar-refractivity contribution in [2.75, 3.05) is 52.1 Å². The van der Waals surface area contributed by atoms with E-state index in [4.69, 9.17) is 11.6 Å². The summed E-state index contributed by atoms with van der Waals surface area (Å²) in [5.74, 6) is -0.680. The second-order valence-electron chi connectivity index (χ2n) is 7.48. The average molecular weight is 454 g/mol. The Bertz CT molecular complexity index is 928. The van der Waals surface area contributed by atoms with Gasteiger partial charge in [0.15, 0.2) is 5.13 Å². The lowest BCUT2D eigenvalue weighted by Gasteiger charge is -2.34. The van der Waals surface area contributed by atoms with Crippen molar-refractivity contribution in [3.8, 4) is 0 Å². The van der Waals surface area contributed by atoms with Crippen LogP contribution in [0.15, 0.2) is 18.2 Å². The molecule has 0 aliphatic carbocycles. The Morgan fingerprint density at radius 3 is 2.53 bits per heavy atom. The molecule has 1 aromatic heterocycles. The number of nitrogens with zero attached hydrogens (tertiary/aromatic N) is 4. The highest BCUT2D eigenvalue weighted by Crippen LogP contribution is 2.23. The van der Waals surface area contributed by atoms with Gasteiger partial charge in [-0.3, -0.25) is 19.4 Å². The molecule has 0 saturated carbocycles. The van der Waals surface area contributed by atoms with Gasteiger partial charge in [-0.15, -0.1) is 0 Å². The molecular weight excluding hydrogens is 429 g/mol. The molecule has 1 aliphatic heterocycles. The maximum atomic E-state index is 13.3. The Balaban J connectivity index is 1.47. The molecule has 0 unspecified atom stereocenters. The van der Waals surface area contributed by atoms with Crippen molar-refractivity contribution in [2.45, 2.75) is 13.5 Å². The fourth-order valence-corrected chi connectivity index (χ4v) is 4.42. The maximum absolute atomic E-state index is 13.3. The molecule has 1 aromatic carbocycles. The van der Waals surface area contributed by atoms with Crippen molar-refractivity contribution >= 4 is 39.9 Å². The Hall–Kier alpha value is -2.07. The van der Waals surface area contributed by atoms with E-state index in [-0.39, 0.29) is 23.4 Å². The molecule has 0 spiro atoms. The zero-order valence-corrected chi connectivity index (χ0v) is 18.8. The Morgan fingerprint density at radius 1 is 1.23 bits per heavy atom. The summed E-state index contributed by atoms with van der Waals surface area (Å²) in [5.41, 5.74) is 1.58. The first kappa shape index (κ1) is 22.6. The van der Waals surface area contributed by atoms with Gasteiger partial charge in [0.1, 0.15) is 10.7 Å². The summed E-state index contributed by atoms with van der Waals surface area (Å²) in [4.78, 5) is 35.2. The van der Waals surface area contributed by atoms with Crippen molar-refractivity contribution in [1.29, 1.82) is 0 Å². The van der Waals surface area contributed by atoms with Gasteiger partial charge in [0.25, 0.3) is 5.91 Å². The Labute approximate surface area is 184 Å². The number of amides is 2. The zero-order valence-electron chi connectivity index (χ0n) is 17.2.